The van der Waals surface area contributed by atoms with E-state index in [4.69, 9.17) is 4.74 Å². The standard InChI is InChI=1S/C18H31N3O4S/c1-5-14(3)8-7-9-15(18(23)25-6-2)20-17(22)16-10-11-19-21(16)12-13-26(4)24/h10-11,14-15H,5-9,12-13H2,1-4H3,(H,20,22). The number of nitrogens with one attached hydrogen (secondary N) is 1. The van der Waals surface area contributed by atoms with Gasteiger partial charge in [0.15, 0.2) is 0 Å². The number of amides is 1. The van der Waals surface area contributed by atoms with Crippen LogP contribution in [0.3, 0.4) is 0 Å². The van der Waals surface area contributed by atoms with Crippen molar-refractivity contribution in [1.29, 1.82) is 0 Å². The first-order valence-corrected chi connectivity index (χ1v) is 10.9. The summed E-state index contributed by atoms with van der Waals surface area (Å²) in [5.41, 5.74) is 0.353. The van der Waals surface area contributed by atoms with E-state index < -0.39 is 22.8 Å². The molecule has 7 nitrogen and oxygen atoms in total. The van der Waals surface area contributed by atoms with E-state index >= 15 is 0 Å². The molecule has 1 aromatic rings. The molecule has 0 saturated carbocycles. The molecule has 148 valence electrons. The van der Waals surface area contributed by atoms with Gasteiger partial charge in [-0.3, -0.25) is 13.7 Å². The topological polar surface area (TPSA) is 90.3 Å². The van der Waals surface area contributed by atoms with Crippen molar-refractivity contribution in [3.63, 3.8) is 0 Å². The number of aryl methyl sites for hydroxylation is 1. The third-order valence-electron chi connectivity index (χ3n) is 4.30. The molecule has 0 aliphatic rings. The highest BCUT2D eigenvalue weighted by atomic mass is 32.2. The molecule has 0 saturated heterocycles. The van der Waals surface area contributed by atoms with Gasteiger partial charge in [-0.05, 0) is 25.3 Å². The van der Waals surface area contributed by atoms with Crippen LogP contribution < -0.4 is 5.32 Å². The zero-order valence-electron chi connectivity index (χ0n) is 16.2. The van der Waals surface area contributed by atoms with Crippen molar-refractivity contribution in [1.82, 2.24) is 15.1 Å². The second-order valence-electron chi connectivity index (χ2n) is 6.44. The number of hydrogen-bond acceptors (Lipinski definition) is 5. The molecule has 0 aliphatic carbocycles. The summed E-state index contributed by atoms with van der Waals surface area (Å²) in [5.74, 6) is 0.222. The molecule has 1 amide bonds. The number of carbonyl (C=O) groups is 2. The minimum atomic E-state index is -0.969. The van der Waals surface area contributed by atoms with Crippen molar-refractivity contribution in [2.75, 3.05) is 18.6 Å². The smallest absolute Gasteiger partial charge is 0.328 e. The number of ether oxygens (including phenoxy) is 1. The van der Waals surface area contributed by atoms with Gasteiger partial charge in [-0.2, -0.15) is 5.10 Å². The number of aromatic nitrogens is 2. The van der Waals surface area contributed by atoms with Crippen LogP contribution in [-0.2, 0) is 26.9 Å². The van der Waals surface area contributed by atoms with E-state index in [2.05, 4.69) is 24.3 Å². The lowest BCUT2D eigenvalue weighted by molar-refractivity contribution is -0.145. The van der Waals surface area contributed by atoms with Gasteiger partial charge in [0.2, 0.25) is 0 Å². The maximum Gasteiger partial charge on any atom is 0.328 e. The third kappa shape index (κ3) is 7.68. The summed E-state index contributed by atoms with van der Waals surface area (Å²) in [6.45, 7) is 6.72. The Hall–Kier alpha value is -1.70. The van der Waals surface area contributed by atoms with Crippen LogP contribution >= 0.6 is 0 Å². The number of nitrogens with zero attached hydrogens (tertiary/aromatic N) is 2. The predicted octanol–water partition coefficient (Wildman–Crippen LogP) is 2.14. The Morgan fingerprint density at radius 2 is 2.08 bits per heavy atom. The van der Waals surface area contributed by atoms with E-state index in [1.165, 1.54) is 10.9 Å². The van der Waals surface area contributed by atoms with Gasteiger partial charge in [-0.15, -0.1) is 0 Å². The Morgan fingerprint density at radius 1 is 1.35 bits per heavy atom. The fraction of sp³-hybridized carbons (Fsp3) is 0.722. The van der Waals surface area contributed by atoms with Crippen LogP contribution in [0.1, 0.15) is 56.9 Å². The second kappa shape index (κ2) is 11.8. The van der Waals surface area contributed by atoms with Crippen LogP contribution in [0.4, 0.5) is 0 Å². The molecular weight excluding hydrogens is 354 g/mol. The molecule has 1 N–H and O–H groups in total. The molecule has 1 aromatic heterocycles. The monoisotopic (exact) mass is 385 g/mol. The average molecular weight is 386 g/mol. The third-order valence-corrected chi connectivity index (χ3v) is 5.06. The fourth-order valence-electron chi connectivity index (χ4n) is 2.52. The number of rotatable bonds is 12. The van der Waals surface area contributed by atoms with Crippen LogP contribution in [0.15, 0.2) is 12.3 Å². The van der Waals surface area contributed by atoms with Gasteiger partial charge >= 0.3 is 5.97 Å². The van der Waals surface area contributed by atoms with Gasteiger partial charge in [-0.25, -0.2) is 4.79 Å². The Bertz CT molecular complexity index is 603. The lowest BCUT2D eigenvalue weighted by Crippen LogP contribution is -2.42. The Morgan fingerprint density at radius 3 is 2.69 bits per heavy atom. The van der Waals surface area contributed by atoms with Gasteiger partial charge in [0, 0.05) is 29.0 Å². The Kier molecular flexibility index (Phi) is 10.2. The number of esters is 1. The van der Waals surface area contributed by atoms with Crippen molar-refractivity contribution in [3.8, 4) is 0 Å². The normalized spacial score (nSPS) is 14.5. The van der Waals surface area contributed by atoms with E-state index in [1.807, 2.05) is 0 Å². The first-order valence-electron chi connectivity index (χ1n) is 9.18. The zero-order chi connectivity index (χ0) is 19.5. The fourth-order valence-corrected chi connectivity index (χ4v) is 2.95. The van der Waals surface area contributed by atoms with E-state index in [0.29, 0.717) is 30.3 Å². The highest BCUT2D eigenvalue weighted by molar-refractivity contribution is 7.84. The Balaban J connectivity index is 2.73. The van der Waals surface area contributed by atoms with Crippen molar-refractivity contribution >= 4 is 22.7 Å². The summed E-state index contributed by atoms with van der Waals surface area (Å²) in [6.07, 6.45) is 6.61. The molecule has 3 unspecified atom stereocenters. The molecule has 8 heteroatoms. The lowest BCUT2D eigenvalue weighted by atomic mass is 9.99. The molecule has 0 bridgehead atoms. The van der Waals surface area contributed by atoms with Gasteiger partial charge in [-0.1, -0.05) is 33.1 Å². The summed E-state index contributed by atoms with van der Waals surface area (Å²) in [6, 6.07) is 0.921. The van der Waals surface area contributed by atoms with Gasteiger partial charge in [0.25, 0.3) is 5.91 Å². The molecule has 0 radical (unpaired) electrons. The highest BCUT2D eigenvalue weighted by Gasteiger charge is 2.24. The lowest BCUT2D eigenvalue weighted by Gasteiger charge is -2.18. The Labute approximate surface area is 158 Å². The highest BCUT2D eigenvalue weighted by Crippen LogP contribution is 2.13. The van der Waals surface area contributed by atoms with Crippen LogP contribution in [0.5, 0.6) is 0 Å². The molecule has 3 atom stereocenters. The maximum absolute atomic E-state index is 12.6. The quantitative estimate of drug-likeness (QED) is 0.557. The maximum atomic E-state index is 12.6. The largest absolute Gasteiger partial charge is 0.464 e. The van der Waals surface area contributed by atoms with Crippen molar-refractivity contribution < 1.29 is 18.5 Å². The second-order valence-corrected chi connectivity index (χ2v) is 7.99. The first-order chi connectivity index (χ1) is 12.4. The van der Waals surface area contributed by atoms with Gasteiger partial charge < -0.3 is 10.1 Å². The molecule has 1 heterocycles. The van der Waals surface area contributed by atoms with Gasteiger partial charge in [0.05, 0.1) is 13.2 Å². The van der Waals surface area contributed by atoms with Crippen molar-refractivity contribution in [2.24, 2.45) is 5.92 Å². The summed E-state index contributed by atoms with van der Waals surface area (Å²) in [4.78, 5) is 24.8. The van der Waals surface area contributed by atoms with Gasteiger partial charge in [0.1, 0.15) is 11.7 Å². The minimum Gasteiger partial charge on any atom is -0.464 e. The van der Waals surface area contributed by atoms with Crippen LogP contribution in [-0.4, -0.2) is 50.5 Å². The molecule has 0 aromatic carbocycles. The number of carbonyl (C=O) groups excluding carboxylic acids is 2. The average Bonchev–Trinajstić information content (AvgIpc) is 3.07. The predicted molar refractivity (Wildman–Crippen MR) is 102 cm³/mol. The van der Waals surface area contributed by atoms with Crippen molar-refractivity contribution in [3.05, 3.63) is 18.0 Å². The van der Waals surface area contributed by atoms with Crippen molar-refractivity contribution in [2.45, 2.75) is 59.0 Å². The molecule has 1 rings (SSSR count). The molecule has 0 fully saturated rings. The summed E-state index contributed by atoms with van der Waals surface area (Å²) in [5, 5.41) is 6.87. The SMILES string of the molecule is CCOC(=O)C(CCCC(C)CC)NC(=O)c1ccnn1CCS(C)=O. The van der Waals surface area contributed by atoms with Crippen LogP contribution in [0.25, 0.3) is 0 Å². The molecule has 26 heavy (non-hydrogen) atoms. The minimum absolute atomic E-state index is 0.275. The van der Waals surface area contributed by atoms with E-state index in [9.17, 15) is 13.8 Å². The first kappa shape index (κ1) is 22.3. The summed E-state index contributed by atoms with van der Waals surface area (Å²) >= 11 is 0. The summed E-state index contributed by atoms with van der Waals surface area (Å²) < 4.78 is 17.9. The summed E-state index contributed by atoms with van der Waals surface area (Å²) in [7, 11) is -0.969. The van der Waals surface area contributed by atoms with Crippen LogP contribution in [0.2, 0.25) is 0 Å². The zero-order valence-corrected chi connectivity index (χ0v) is 17.0. The molecular formula is C18H31N3O4S. The van der Waals surface area contributed by atoms with Crippen LogP contribution in [0, 0.1) is 5.92 Å². The molecule has 0 spiro atoms. The van der Waals surface area contributed by atoms with E-state index in [0.717, 1.165) is 19.3 Å². The molecule has 0 aliphatic heterocycles. The van der Waals surface area contributed by atoms with E-state index in [-0.39, 0.29) is 12.5 Å². The van der Waals surface area contributed by atoms with E-state index in [1.54, 1.807) is 19.2 Å². The number of hydrogen-bond donors (Lipinski definition) is 1.